The number of carbonyl (C=O) groups excluding carboxylic acids is 1. The van der Waals surface area contributed by atoms with E-state index in [1.54, 1.807) is 0 Å². The van der Waals surface area contributed by atoms with Crippen LogP contribution in [0.1, 0.15) is 30.4 Å². The van der Waals surface area contributed by atoms with E-state index in [2.05, 4.69) is 17.4 Å². The number of halogens is 1. The van der Waals surface area contributed by atoms with Gasteiger partial charge in [0, 0.05) is 12.2 Å². The zero-order valence-corrected chi connectivity index (χ0v) is 13.9. The van der Waals surface area contributed by atoms with E-state index < -0.39 is 0 Å². The highest BCUT2D eigenvalue weighted by atomic mass is 35.5. The maximum Gasteiger partial charge on any atom is 0.230 e. The lowest BCUT2D eigenvalue weighted by Gasteiger charge is -2.40. The average Bonchev–Trinajstić information content (AvgIpc) is 2.49. The van der Waals surface area contributed by atoms with E-state index in [9.17, 15) is 4.79 Å². The molecule has 0 radical (unpaired) electrons. The lowest BCUT2D eigenvalue weighted by molar-refractivity contribution is -0.129. The Morgan fingerprint density at radius 1 is 1.04 bits per heavy atom. The van der Waals surface area contributed by atoms with Crippen LogP contribution in [-0.4, -0.2) is 12.5 Å². The number of amides is 1. The van der Waals surface area contributed by atoms with Crippen LogP contribution in [0.5, 0.6) is 0 Å². The van der Waals surface area contributed by atoms with Crippen LogP contribution in [0.15, 0.2) is 54.6 Å². The molecule has 1 fully saturated rings. The van der Waals surface area contributed by atoms with Gasteiger partial charge >= 0.3 is 0 Å². The second-order valence-corrected chi connectivity index (χ2v) is 6.05. The Morgan fingerprint density at radius 3 is 2.26 bits per heavy atom. The van der Waals surface area contributed by atoms with E-state index in [0.717, 1.165) is 36.9 Å². The van der Waals surface area contributed by atoms with Crippen LogP contribution in [0.3, 0.4) is 0 Å². The summed E-state index contributed by atoms with van der Waals surface area (Å²) in [7, 11) is 0. The van der Waals surface area contributed by atoms with Crippen molar-refractivity contribution in [3.8, 4) is 0 Å². The van der Waals surface area contributed by atoms with Crippen molar-refractivity contribution in [3.05, 3.63) is 65.7 Å². The molecule has 3 rings (SSSR count). The first-order chi connectivity index (χ1) is 10.7. The molecule has 122 valence electrons. The fourth-order valence-electron chi connectivity index (χ4n) is 3.11. The monoisotopic (exact) mass is 330 g/mol. The molecule has 1 amide bonds. The maximum atomic E-state index is 12.7. The summed E-state index contributed by atoms with van der Waals surface area (Å²) in [5, 5.41) is 3.12. The number of benzene rings is 2. The highest BCUT2D eigenvalue weighted by Gasteiger charge is 2.45. The number of rotatable bonds is 5. The molecule has 1 saturated carbocycles. The summed E-state index contributed by atoms with van der Waals surface area (Å²) in [6.45, 7) is 0.664. The number of anilines is 1. The van der Waals surface area contributed by atoms with Crippen molar-refractivity contribution >= 4 is 24.0 Å². The van der Waals surface area contributed by atoms with Gasteiger partial charge in [0.15, 0.2) is 0 Å². The minimum atomic E-state index is -0.303. The molecule has 1 aliphatic carbocycles. The van der Waals surface area contributed by atoms with E-state index in [-0.39, 0.29) is 23.7 Å². The smallest absolute Gasteiger partial charge is 0.230 e. The quantitative estimate of drug-likeness (QED) is 0.825. The van der Waals surface area contributed by atoms with Gasteiger partial charge in [-0.25, -0.2) is 0 Å². The molecule has 0 aliphatic heterocycles. The number of hydrogen-bond acceptors (Lipinski definition) is 2. The number of carbonyl (C=O) groups is 1. The van der Waals surface area contributed by atoms with Crippen molar-refractivity contribution in [2.45, 2.75) is 31.1 Å². The van der Waals surface area contributed by atoms with Crippen LogP contribution in [0.4, 0.5) is 5.69 Å². The van der Waals surface area contributed by atoms with Gasteiger partial charge in [-0.2, -0.15) is 0 Å². The summed E-state index contributed by atoms with van der Waals surface area (Å²) in [4.78, 5) is 12.7. The fourth-order valence-corrected chi connectivity index (χ4v) is 3.11. The van der Waals surface area contributed by atoms with Gasteiger partial charge in [-0.15, -0.1) is 12.4 Å². The lowest BCUT2D eigenvalue weighted by atomic mass is 9.64. The predicted molar refractivity (Wildman–Crippen MR) is 96.8 cm³/mol. The molecule has 2 aromatic carbocycles. The highest BCUT2D eigenvalue weighted by molar-refractivity contribution is 5.89. The molecule has 1 aliphatic rings. The molecule has 0 atom stereocenters. The third-order valence-electron chi connectivity index (χ3n) is 4.65. The van der Waals surface area contributed by atoms with Crippen molar-refractivity contribution < 1.29 is 4.79 Å². The largest absolute Gasteiger partial charge is 0.399 e. The van der Waals surface area contributed by atoms with E-state index >= 15 is 0 Å². The van der Waals surface area contributed by atoms with Crippen molar-refractivity contribution in [3.63, 3.8) is 0 Å². The van der Waals surface area contributed by atoms with Gasteiger partial charge in [-0.05, 0) is 42.5 Å². The van der Waals surface area contributed by atoms with E-state index in [1.807, 2.05) is 42.5 Å². The minimum Gasteiger partial charge on any atom is -0.399 e. The summed E-state index contributed by atoms with van der Waals surface area (Å²) >= 11 is 0. The van der Waals surface area contributed by atoms with Gasteiger partial charge < -0.3 is 11.1 Å². The molecule has 0 spiro atoms. The predicted octanol–water partition coefficient (Wildman–Crippen LogP) is 3.47. The topological polar surface area (TPSA) is 55.1 Å². The van der Waals surface area contributed by atoms with Crippen molar-refractivity contribution in [1.82, 2.24) is 5.32 Å². The molecule has 23 heavy (non-hydrogen) atoms. The van der Waals surface area contributed by atoms with E-state index in [0.29, 0.717) is 6.54 Å². The second-order valence-electron chi connectivity index (χ2n) is 6.05. The van der Waals surface area contributed by atoms with Crippen LogP contribution in [-0.2, 0) is 16.6 Å². The van der Waals surface area contributed by atoms with Crippen molar-refractivity contribution in [2.24, 2.45) is 0 Å². The van der Waals surface area contributed by atoms with Gasteiger partial charge in [0.1, 0.15) is 0 Å². The first kappa shape index (κ1) is 17.4. The number of hydrogen-bond donors (Lipinski definition) is 2. The third-order valence-corrected chi connectivity index (χ3v) is 4.65. The molecule has 3 N–H and O–H groups in total. The Labute approximate surface area is 143 Å². The molecule has 0 bridgehead atoms. The lowest BCUT2D eigenvalue weighted by Crippen LogP contribution is -2.49. The van der Waals surface area contributed by atoms with Gasteiger partial charge in [0.05, 0.1) is 5.41 Å². The molecular formula is C19H23ClN2O. The van der Waals surface area contributed by atoms with Gasteiger partial charge in [0.25, 0.3) is 0 Å². The Morgan fingerprint density at radius 2 is 1.70 bits per heavy atom. The number of nitrogens with two attached hydrogens (primary N) is 1. The standard InChI is InChI=1S/C19H22N2O.ClH/c20-17-9-7-15(8-10-17)11-14-21-18(22)19(12-4-13-19)16-5-2-1-3-6-16;/h1-3,5-10H,4,11-14,20H2,(H,21,22);1H. The molecule has 2 aromatic rings. The second kappa shape index (κ2) is 7.51. The molecule has 0 aromatic heterocycles. The van der Waals surface area contributed by atoms with Crippen LogP contribution < -0.4 is 11.1 Å². The zero-order valence-electron chi connectivity index (χ0n) is 13.1. The minimum absolute atomic E-state index is 0. The van der Waals surface area contributed by atoms with Gasteiger partial charge in [-0.1, -0.05) is 48.9 Å². The molecule has 0 heterocycles. The molecule has 3 nitrogen and oxygen atoms in total. The van der Waals surface area contributed by atoms with Crippen LogP contribution >= 0.6 is 12.4 Å². The van der Waals surface area contributed by atoms with Crippen LogP contribution in [0, 0.1) is 0 Å². The first-order valence-corrected chi connectivity index (χ1v) is 7.89. The Bertz CT molecular complexity index is 636. The van der Waals surface area contributed by atoms with Gasteiger partial charge in [-0.3, -0.25) is 4.79 Å². The summed E-state index contributed by atoms with van der Waals surface area (Å²) < 4.78 is 0. The summed E-state index contributed by atoms with van der Waals surface area (Å²) in [5.41, 5.74) is 8.48. The summed E-state index contributed by atoms with van der Waals surface area (Å²) in [6.07, 6.45) is 3.85. The summed E-state index contributed by atoms with van der Waals surface area (Å²) in [5.74, 6) is 0.167. The number of nitrogen functional groups attached to an aromatic ring is 1. The first-order valence-electron chi connectivity index (χ1n) is 7.89. The Kier molecular flexibility index (Phi) is 5.67. The average molecular weight is 331 g/mol. The van der Waals surface area contributed by atoms with Crippen LogP contribution in [0.25, 0.3) is 0 Å². The molecular weight excluding hydrogens is 308 g/mol. The maximum absolute atomic E-state index is 12.7. The third kappa shape index (κ3) is 3.67. The molecule has 0 unspecified atom stereocenters. The van der Waals surface area contributed by atoms with E-state index in [4.69, 9.17) is 5.73 Å². The zero-order chi connectivity index (χ0) is 15.4. The van der Waals surface area contributed by atoms with Crippen molar-refractivity contribution in [2.75, 3.05) is 12.3 Å². The Balaban J connectivity index is 0.00000192. The van der Waals surface area contributed by atoms with Gasteiger partial charge in [0.2, 0.25) is 5.91 Å². The van der Waals surface area contributed by atoms with Crippen molar-refractivity contribution in [1.29, 1.82) is 0 Å². The van der Waals surface area contributed by atoms with E-state index in [1.165, 1.54) is 5.56 Å². The Hall–Kier alpha value is -2.00. The SMILES string of the molecule is Cl.Nc1ccc(CCNC(=O)C2(c3ccccc3)CCC2)cc1. The molecule has 4 heteroatoms. The fraction of sp³-hybridized carbons (Fsp3) is 0.316. The summed E-state index contributed by atoms with van der Waals surface area (Å²) in [6, 6.07) is 18.0. The normalized spacial score (nSPS) is 15.1. The molecule has 0 saturated heterocycles. The van der Waals surface area contributed by atoms with Crippen LogP contribution in [0.2, 0.25) is 0 Å². The number of nitrogens with one attached hydrogen (secondary N) is 1. The highest BCUT2D eigenvalue weighted by Crippen LogP contribution is 2.43.